The van der Waals surface area contributed by atoms with Crippen LogP contribution in [0.5, 0.6) is 0 Å². The van der Waals surface area contributed by atoms with Gasteiger partial charge in [0.15, 0.2) is 5.96 Å². The monoisotopic (exact) mass is 523 g/mol. The highest BCUT2D eigenvalue weighted by Crippen LogP contribution is 2.22. The number of aliphatic imine (C=N–C) groups is 1. The number of carbonyl (C=O) groups excluding carboxylic acids is 1. The van der Waals surface area contributed by atoms with Gasteiger partial charge in [-0.25, -0.2) is 0 Å². The van der Waals surface area contributed by atoms with Crippen molar-refractivity contribution >= 4 is 57.5 Å². The van der Waals surface area contributed by atoms with Crippen LogP contribution in [-0.4, -0.2) is 50.6 Å². The second kappa shape index (κ2) is 10.8. The number of anilines is 1. The predicted octanol–water partition coefficient (Wildman–Crippen LogP) is 2.34. The van der Waals surface area contributed by atoms with Crippen LogP contribution in [0.15, 0.2) is 33.7 Å². The molecule has 1 amide bonds. The first-order chi connectivity index (χ1) is 11.5. The summed E-state index contributed by atoms with van der Waals surface area (Å²) in [6.07, 6.45) is 1.04. The number of amides is 1. The van der Waals surface area contributed by atoms with Crippen LogP contribution in [0, 0.1) is 0 Å². The molecular formula is C17H27BrIN5O. The highest BCUT2D eigenvalue weighted by Gasteiger charge is 2.23. The number of benzene rings is 1. The molecule has 0 spiro atoms. The molecule has 1 heterocycles. The Labute approximate surface area is 175 Å². The van der Waals surface area contributed by atoms with Crippen LogP contribution in [0.4, 0.5) is 5.69 Å². The van der Waals surface area contributed by atoms with Crippen LogP contribution in [-0.2, 0) is 4.79 Å². The minimum Gasteiger partial charge on any atom is -0.369 e. The van der Waals surface area contributed by atoms with Gasteiger partial charge in [0, 0.05) is 42.4 Å². The largest absolute Gasteiger partial charge is 0.369 e. The molecule has 140 valence electrons. The molecule has 1 aromatic carbocycles. The summed E-state index contributed by atoms with van der Waals surface area (Å²) >= 11 is 3.46. The van der Waals surface area contributed by atoms with Gasteiger partial charge < -0.3 is 20.9 Å². The zero-order valence-corrected chi connectivity index (χ0v) is 18.8. The van der Waals surface area contributed by atoms with Crippen LogP contribution in [0.3, 0.4) is 0 Å². The van der Waals surface area contributed by atoms with Crippen molar-refractivity contribution in [2.45, 2.75) is 32.4 Å². The Morgan fingerprint density at radius 1 is 1.36 bits per heavy atom. The summed E-state index contributed by atoms with van der Waals surface area (Å²) in [6, 6.07) is 8.82. The summed E-state index contributed by atoms with van der Waals surface area (Å²) in [6.45, 7) is 6.03. The molecule has 1 aromatic rings. The number of nitrogens with zero attached hydrogens (tertiary/aromatic N) is 2. The average Bonchev–Trinajstić information content (AvgIpc) is 3.00. The molecule has 6 nitrogen and oxygen atoms in total. The van der Waals surface area contributed by atoms with E-state index in [1.54, 1.807) is 7.05 Å². The van der Waals surface area contributed by atoms with Crippen molar-refractivity contribution < 1.29 is 4.79 Å². The van der Waals surface area contributed by atoms with Crippen molar-refractivity contribution in [1.29, 1.82) is 0 Å². The molecule has 0 saturated carbocycles. The Morgan fingerprint density at radius 2 is 2.04 bits per heavy atom. The van der Waals surface area contributed by atoms with E-state index in [-0.39, 0.29) is 42.5 Å². The van der Waals surface area contributed by atoms with Crippen LogP contribution in [0.1, 0.15) is 20.3 Å². The van der Waals surface area contributed by atoms with Gasteiger partial charge in [0.05, 0.1) is 6.54 Å². The van der Waals surface area contributed by atoms with Crippen LogP contribution < -0.4 is 20.9 Å². The molecule has 1 saturated heterocycles. The number of hydrogen-bond acceptors (Lipinski definition) is 3. The third-order valence-electron chi connectivity index (χ3n) is 3.81. The van der Waals surface area contributed by atoms with Gasteiger partial charge in [0.25, 0.3) is 0 Å². The van der Waals surface area contributed by atoms with Crippen molar-refractivity contribution in [1.82, 2.24) is 16.0 Å². The van der Waals surface area contributed by atoms with Gasteiger partial charge in [-0.15, -0.1) is 24.0 Å². The Bertz CT molecular complexity index is 579. The second-order valence-electron chi connectivity index (χ2n) is 6.20. The maximum absolute atomic E-state index is 11.7. The molecule has 0 aliphatic carbocycles. The quantitative estimate of drug-likeness (QED) is 0.315. The van der Waals surface area contributed by atoms with Crippen LogP contribution in [0.2, 0.25) is 0 Å². The first-order valence-corrected chi connectivity index (χ1v) is 9.04. The average molecular weight is 524 g/mol. The zero-order valence-electron chi connectivity index (χ0n) is 14.9. The molecule has 2 rings (SSSR count). The number of carbonyl (C=O) groups is 1. The van der Waals surface area contributed by atoms with Gasteiger partial charge in [0.1, 0.15) is 0 Å². The van der Waals surface area contributed by atoms with E-state index in [0.29, 0.717) is 12.0 Å². The minimum absolute atomic E-state index is 0. The van der Waals surface area contributed by atoms with E-state index >= 15 is 0 Å². The molecule has 1 aliphatic rings. The summed E-state index contributed by atoms with van der Waals surface area (Å²) in [5, 5.41) is 9.31. The summed E-state index contributed by atoms with van der Waals surface area (Å²) in [5.74, 6) is 0.632. The van der Waals surface area contributed by atoms with Crippen molar-refractivity contribution in [2.24, 2.45) is 4.99 Å². The SMILES string of the molecule is CN=C(NCC(=O)NC(C)C)NC1CCN(c2ccc(Br)cc2)C1.I. The fourth-order valence-electron chi connectivity index (χ4n) is 2.69. The molecule has 0 bridgehead atoms. The normalized spacial score (nSPS) is 17.2. The summed E-state index contributed by atoms with van der Waals surface area (Å²) in [7, 11) is 1.72. The third kappa shape index (κ3) is 7.39. The van der Waals surface area contributed by atoms with E-state index in [1.165, 1.54) is 5.69 Å². The fraction of sp³-hybridized carbons (Fsp3) is 0.529. The van der Waals surface area contributed by atoms with Gasteiger partial charge in [-0.3, -0.25) is 9.79 Å². The summed E-state index contributed by atoms with van der Waals surface area (Å²) in [5.41, 5.74) is 1.22. The van der Waals surface area contributed by atoms with Crippen LogP contribution >= 0.6 is 39.9 Å². The zero-order chi connectivity index (χ0) is 17.5. The molecule has 1 atom stereocenters. The lowest BCUT2D eigenvalue weighted by molar-refractivity contribution is -0.120. The maximum atomic E-state index is 11.7. The lowest BCUT2D eigenvalue weighted by Gasteiger charge is -2.20. The number of rotatable bonds is 5. The van der Waals surface area contributed by atoms with Crippen molar-refractivity contribution in [3.8, 4) is 0 Å². The van der Waals surface area contributed by atoms with E-state index in [9.17, 15) is 4.79 Å². The van der Waals surface area contributed by atoms with Crippen molar-refractivity contribution in [3.05, 3.63) is 28.7 Å². The van der Waals surface area contributed by atoms with Crippen molar-refractivity contribution in [3.63, 3.8) is 0 Å². The summed E-state index contributed by atoms with van der Waals surface area (Å²) < 4.78 is 1.09. The van der Waals surface area contributed by atoms with E-state index in [1.807, 2.05) is 13.8 Å². The van der Waals surface area contributed by atoms with Gasteiger partial charge >= 0.3 is 0 Å². The third-order valence-corrected chi connectivity index (χ3v) is 4.34. The standard InChI is InChI=1S/C17H26BrN5O.HI/c1-12(2)21-16(24)10-20-17(19-3)22-14-8-9-23(11-14)15-6-4-13(18)5-7-15;/h4-7,12,14H,8-11H2,1-3H3,(H,21,24)(H2,19,20,22);1H. The summed E-state index contributed by atoms with van der Waals surface area (Å²) in [4.78, 5) is 18.3. The molecule has 8 heteroatoms. The number of halogens is 2. The van der Waals surface area contributed by atoms with Gasteiger partial charge in [-0.2, -0.15) is 0 Å². The number of guanidine groups is 1. The van der Waals surface area contributed by atoms with Gasteiger partial charge in [-0.05, 0) is 44.5 Å². The second-order valence-corrected chi connectivity index (χ2v) is 7.12. The fourth-order valence-corrected chi connectivity index (χ4v) is 2.95. The first kappa shape index (κ1) is 22.0. The van der Waals surface area contributed by atoms with E-state index in [0.717, 1.165) is 24.0 Å². The number of hydrogen-bond donors (Lipinski definition) is 3. The highest BCUT2D eigenvalue weighted by molar-refractivity contribution is 14.0. The smallest absolute Gasteiger partial charge is 0.239 e. The lowest BCUT2D eigenvalue weighted by atomic mass is 10.3. The predicted molar refractivity (Wildman–Crippen MR) is 118 cm³/mol. The Morgan fingerprint density at radius 3 is 2.64 bits per heavy atom. The van der Waals surface area contributed by atoms with Crippen LogP contribution in [0.25, 0.3) is 0 Å². The Balaban J connectivity index is 0.00000312. The molecule has 1 aliphatic heterocycles. The molecule has 3 N–H and O–H groups in total. The molecule has 0 radical (unpaired) electrons. The molecule has 1 fully saturated rings. The highest BCUT2D eigenvalue weighted by atomic mass is 127. The van der Waals surface area contributed by atoms with E-state index < -0.39 is 0 Å². The van der Waals surface area contributed by atoms with Gasteiger partial charge in [-0.1, -0.05) is 15.9 Å². The topological polar surface area (TPSA) is 68.8 Å². The molecule has 25 heavy (non-hydrogen) atoms. The first-order valence-electron chi connectivity index (χ1n) is 8.25. The molecule has 0 aromatic heterocycles. The van der Waals surface area contributed by atoms with Gasteiger partial charge in [0.2, 0.25) is 5.91 Å². The van der Waals surface area contributed by atoms with Crippen molar-refractivity contribution in [2.75, 3.05) is 31.6 Å². The Kier molecular flexibility index (Phi) is 9.55. The minimum atomic E-state index is -0.0316. The maximum Gasteiger partial charge on any atom is 0.239 e. The van der Waals surface area contributed by atoms with E-state index in [2.05, 4.69) is 66.0 Å². The molecular weight excluding hydrogens is 497 g/mol. The Hall–Kier alpha value is -1.03. The van der Waals surface area contributed by atoms with E-state index in [4.69, 9.17) is 0 Å². The lowest BCUT2D eigenvalue weighted by Crippen LogP contribution is -2.48. The molecule has 1 unspecified atom stereocenters. The number of nitrogens with one attached hydrogen (secondary N) is 3.